The van der Waals surface area contributed by atoms with Crippen LogP contribution in [0.25, 0.3) is 5.57 Å². The molecule has 0 saturated carbocycles. The molecule has 0 aliphatic rings. The summed E-state index contributed by atoms with van der Waals surface area (Å²) in [6.07, 6.45) is 4.38. The number of nitrogens with two attached hydrogens (primary N) is 1. The van der Waals surface area contributed by atoms with E-state index in [-0.39, 0.29) is 0 Å². The maximum Gasteiger partial charge on any atom is 0.227 e. The number of ether oxygens (including phenoxy) is 1. The number of nitrogens with zero attached hydrogens (tertiary/aromatic N) is 5. The highest BCUT2D eigenvalue weighted by molar-refractivity contribution is 5.87. The molecule has 0 unspecified atom stereocenters. The van der Waals surface area contributed by atoms with Crippen LogP contribution < -0.4 is 26.0 Å². The van der Waals surface area contributed by atoms with Gasteiger partial charge in [-0.15, -0.1) is 0 Å². The van der Waals surface area contributed by atoms with Crippen LogP contribution in [0.4, 0.5) is 28.7 Å². The van der Waals surface area contributed by atoms with E-state index in [0.29, 0.717) is 34.3 Å². The van der Waals surface area contributed by atoms with Crippen LogP contribution in [0, 0.1) is 11.3 Å². The van der Waals surface area contributed by atoms with E-state index in [1.807, 2.05) is 64.6 Å². The van der Waals surface area contributed by atoms with Gasteiger partial charge in [0.1, 0.15) is 11.8 Å². The zero-order valence-electron chi connectivity index (χ0n) is 22.5. The molecule has 2 aromatic carbocycles. The molecule has 0 spiro atoms. The van der Waals surface area contributed by atoms with E-state index in [1.165, 1.54) is 6.20 Å². The number of anilines is 5. The molecule has 3 aromatic rings. The molecule has 0 aliphatic carbocycles. The van der Waals surface area contributed by atoms with Crippen molar-refractivity contribution >= 4 is 34.3 Å². The van der Waals surface area contributed by atoms with Crippen molar-refractivity contribution in [2.45, 2.75) is 13.3 Å². The third-order valence-electron chi connectivity index (χ3n) is 5.95. The van der Waals surface area contributed by atoms with Crippen LogP contribution in [0.5, 0.6) is 5.75 Å². The number of benzene rings is 2. The van der Waals surface area contributed by atoms with E-state index in [0.717, 1.165) is 42.0 Å². The monoisotopic (exact) mass is 500 g/mol. The Morgan fingerprint density at radius 3 is 2.57 bits per heavy atom. The summed E-state index contributed by atoms with van der Waals surface area (Å²) in [5.74, 6) is 0.949. The largest absolute Gasteiger partial charge is 0.494 e. The molecular formula is C28H36N8O. The molecule has 0 aliphatic heterocycles. The first-order valence-electron chi connectivity index (χ1n) is 12.2. The third-order valence-corrected chi connectivity index (χ3v) is 5.95. The second-order valence-corrected chi connectivity index (χ2v) is 8.85. The van der Waals surface area contributed by atoms with Crippen LogP contribution in [-0.2, 0) is 0 Å². The fraction of sp³-hybridized carbons (Fsp3) is 0.321. The summed E-state index contributed by atoms with van der Waals surface area (Å²) in [6, 6.07) is 13.9. The van der Waals surface area contributed by atoms with Crippen molar-refractivity contribution in [1.29, 1.82) is 5.26 Å². The molecule has 194 valence electrons. The molecule has 3 rings (SSSR count). The average molecular weight is 501 g/mol. The summed E-state index contributed by atoms with van der Waals surface area (Å²) >= 11 is 0. The van der Waals surface area contributed by atoms with Gasteiger partial charge in [-0.3, -0.25) is 0 Å². The van der Waals surface area contributed by atoms with Crippen molar-refractivity contribution < 1.29 is 4.74 Å². The van der Waals surface area contributed by atoms with Crippen LogP contribution >= 0.6 is 0 Å². The molecule has 1 aromatic heterocycles. The van der Waals surface area contributed by atoms with E-state index >= 15 is 0 Å². The van der Waals surface area contributed by atoms with Gasteiger partial charge in [0.2, 0.25) is 5.95 Å². The highest BCUT2D eigenvalue weighted by Gasteiger charge is 2.18. The van der Waals surface area contributed by atoms with Crippen molar-refractivity contribution in [3.05, 3.63) is 65.5 Å². The fourth-order valence-corrected chi connectivity index (χ4v) is 3.98. The van der Waals surface area contributed by atoms with Gasteiger partial charge in [0, 0.05) is 50.1 Å². The summed E-state index contributed by atoms with van der Waals surface area (Å²) < 4.78 is 5.67. The smallest absolute Gasteiger partial charge is 0.227 e. The molecule has 0 fully saturated rings. The number of likely N-dealkylation sites (N-methyl/N-ethyl adjacent to an activating group) is 2. The summed E-state index contributed by atoms with van der Waals surface area (Å²) in [7, 11) is 9.56. The number of rotatable bonds is 11. The summed E-state index contributed by atoms with van der Waals surface area (Å²) in [5.41, 5.74) is 12.3. The van der Waals surface area contributed by atoms with Crippen molar-refractivity contribution in [1.82, 2.24) is 14.9 Å². The van der Waals surface area contributed by atoms with Gasteiger partial charge in [-0.25, -0.2) is 9.97 Å². The topological polar surface area (TPSA) is 115 Å². The van der Waals surface area contributed by atoms with E-state index in [2.05, 4.69) is 44.5 Å². The van der Waals surface area contributed by atoms with Crippen LogP contribution in [-0.4, -0.2) is 63.3 Å². The SMILES string of the molecule is CC/C=C(/c1ccccc1NC)c1nc(Nc2cc(N)c(N(C)CCN(C)C)cc2OC)ncc1C#N. The van der Waals surface area contributed by atoms with Crippen LogP contribution in [0.15, 0.2) is 48.7 Å². The zero-order chi connectivity index (χ0) is 26.9. The van der Waals surface area contributed by atoms with Gasteiger partial charge < -0.3 is 30.9 Å². The van der Waals surface area contributed by atoms with Crippen molar-refractivity contribution in [3.8, 4) is 11.8 Å². The number of allylic oxidation sites excluding steroid dienone is 1. The van der Waals surface area contributed by atoms with Crippen LogP contribution in [0.2, 0.25) is 0 Å². The second kappa shape index (κ2) is 12.6. The quantitative estimate of drug-likeness (QED) is 0.326. The summed E-state index contributed by atoms with van der Waals surface area (Å²) in [6.45, 7) is 3.76. The van der Waals surface area contributed by atoms with Crippen molar-refractivity contribution in [2.24, 2.45) is 0 Å². The number of hydrogen-bond donors (Lipinski definition) is 3. The van der Waals surface area contributed by atoms with Gasteiger partial charge in [0.25, 0.3) is 0 Å². The molecule has 1 heterocycles. The number of aromatic nitrogens is 2. The lowest BCUT2D eigenvalue weighted by molar-refractivity contribution is 0.413. The van der Waals surface area contributed by atoms with Gasteiger partial charge in [0.05, 0.1) is 41.6 Å². The average Bonchev–Trinajstić information content (AvgIpc) is 2.90. The molecule has 4 N–H and O–H groups in total. The van der Waals surface area contributed by atoms with Gasteiger partial charge in [-0.05, 0) is 32.6 Å². The minimum atomic E-state index is 0.337. The fourth-order valence-electron chi connectivity index (χ4n) is 3.98. The molecule has 0 amide bonds. The normalized spacial score (nSPS) is 11.2. The Bertz CT molecular complexity index is 1300. The third kappa shape index (κ3) is 6.48. The van der Waals surface area contributed by atoms with Gasteiger partial charge >= 0.3 is 0 Å². The minimum absolute atomic E-state index is 0.337. The number of nitrogen functional groups attached to an aromatic ring is 1. The Labute approximate surface area is 219 Å². The molecular weight excluding hydrogens is 464 g/mol. The molecule has 9 nitrogen and oxygen atoms in total. The number of nitriles is 1. The zero-order valence-corrected chi connectivity index (χ0v) is 22.5. The maximum atomic E-state index is 9.83. The van der Waals surface area contributed by atoms with Crippen molar-refractivity contribution in [2.75, 3.05) is 69.7 Å². The molecule has 0 saturated heterocycles. The molecule has 37 heavy (non-hydrogen) atoms. The lowest BCUT2D eigenvalue weighted by Crippen LogP contribution is -2.29. The molecule has 0 atom stereocenters. The Morgan fingerprint density at radius 2 is 1.92 bits per heavy atom. The number of para-hydroxylation sites is 1. The predicted octanol–water partition coefficient (Wildman–Crippen LogP) is 4.56. The second-order valence-electron chi connectivity index (χ2n) is 8.85. The Morgan fingerprint density at radius 1 is 1.16 bits per heavy atom. The first kappa shape index (κ1) is 27.3. The molecule has 0 radical (unpaired) electrons. The Hall–Kier alpha value is -4.29. The highest BCUT2D eigenvalue weighted by Crippen LogP contribution is 2.37. The van der Waals surface area contributed by atoms with E-state index in [1.54, 1.807) is 7.11 Å². The number of methoxy groups -OCH3 is 1. The number of nitrogens with one attached hydrogen (secondary N) is 2. The first-order valence-corrected chi connectivity index (χ1v) is 12.2. The maximum absolute atomic E-state index is 9.83. The van der Waals surface area contributed by atoms with Crippen LogP contribution in [0.1, 0.15) is 30.2 Å². The van der Waals surface area contributed by atoms with Crippen molar-refractivity contribution in [3.63, 3.8) is 0 Å². The standard InChI is InChI=1S/C28H36N8O/c1-7-10-21(20-11-8-9-12-23(20)31-2)27-19(17-29)18-32-28(34-27)33-24-15-22(30)25(16-26(24)37-6)36(5)14-13-35(3)4/h8-12,15-16,18,31H,7,13-14,30H2,1-6H3,(H,32,33,34)/b21-10-. The molecule has 9 heteroatoms. The van der Waals surface area contributed by atoms with Gasteiger partial charge in [-0.2, -0.15) is 5.26 Å². The number of hydrogen-bond acceptors (Lipinski definition) is 9. The Balaban J connectivity index is 2.02. The lowest BCUT2D eigenvalue weighted by atomic mass is 9.97. The van der Waals surface area contributed by atoms with Crippen LogP contribution in [0.3, 0.4) is 0 Å². The predicted molar refractivity (Wildman–Crippen MR) is 153 cm³/mol. The van der Waals surface area contributed by atoms with Gasteiger partial charge in [0.15, 0.2) is 0 Å². The molecule has 0 bridgehead atoms. The van der Waals surface area contributed by atoms with Gasteiger partial charge in [-0.1, -0.05) is 31.2 Å². The highest BCUT2D eigenvalue weighted by atomic mass is 16.5. The summed E-state index contributed by atoms with van der Waals surface area (Å²) in [4.78, 5) is 13.4. The van der Waals surface area contributed by atoms with E-state index in [4.69, 9.17) is 15.5 Å². The van der Waals surface area contributed by atoms with E-state index in [9.17, 15) is 5.26 Å². The summed E-state index contributed by atoms with van der Waals surface area (Å²) in [5, 5.41) is 16.3. The first-order chi connectivity index (χ1) is 17.8. The lowest BCUT2D eigenvalue weighted by Gasteiger charge is -2.24. The Kier molecular flexibility index (Phi) is 9.30. The minimum Gasteiger partial charge on any atom is -0.494 e. The van der Waals surface area contributed by atoms with E-state index < -0.39 is 0 Å².